The van der Waals surface area contributed by atoms with E-state index in [1.54, 1.807) is 0 Å². The summed E-state index contributed by atoms with van der Waals surface area (Å²) in [5, 5.41) is 3.35. The molecule has 1 aliphatic rings. The Morgan fingerprint density at radius 2 is 2.06 bits per heavy atom. The summed E-state index contributed by atoms with van der Waals surface area (Å²) < 4.78 is 42.2. The van der Waals surface area contributed by atoms with E-state index in [2.05, 4.69) is 12.2 Å². The molecule has 1 fully saturated rings. The highest BCUT2D eigenvalue weighted by molar-refractivity contribution is 4.79. The van der Waals surface area contributed by atoms with Gasteiger partial charge in [-0.3, -0.25) is 0 Å². The Balaban J connectivity index is 2.34. The Morgan fingerprint density at radius 3 is 2.65 bits per heavy atom. The van der Waals surface area contributed by atoms with Gasteiger partial charge in [-0.1, -0.05) is 6.92 Å². The lowest BCUT2D eigenvalue weighted by molar-refractivity contribution is -0.229. The number of hydrogen-bond donors (Lipinski definition) is 1. The van der Waals surface area contributed by atoms with Crippen molar-refractivity contribution in [3.05, 3.63) is 0 Å². The largest absolute Gasteiger partial charge is 0.414 e. The number of alkyl halides is 3. The molecular weight excluding hydrogens is 231 g/mol. The van der Waals surface area contributed by atoms with Crippen LogP contribution in [0.25, 0.3) is 0 Å². The minimum atomic E-state index is -4.25. The minimum Gasteiger partial charge on any atom is -0.366 e. The zero-order valence-electron chi connectivity index (χ0n) is 10.5. The first-order chi connectivity index (χ1) is 7.93. The Labute approximate surface area is 101 Å². The summed E-state index contributed by atoms with van der Waals surface area (Å²) in [5.41, 5.74) is 0. The van der Waals surface area contributed by atoms with Crippen molar-refractivity contribution in [3.8, 4) is 0 Å². The molecule has 1 saturated carbocycles. The van der Waals surface area contributed by atoms with Crippen molar-refractivity contribution in [2.24, 2.45) is 0 Å². The molecule has 0 amide bonds. The number of halogens is 3. The van der Waals surface area contributed by atoms with Gasteiger partial charge in [0.2, 0.25) is 0 Å². The fourth-order valence-corrected chi connectivity index (χ4v) is 2.17. The van der Waals surface area contributed by atoms with E-state index < -0.39 is 12.3 Å². The summed E-state index contributed by atoms with van der Waals surface area (Å²) in [5.74, 6) is 0. The standard InChI is InChI=1S/C12H22F3NO/c1-3-7-16-10-5-4-6-11(8-10)17-9(2)12(13,14)15/h9-11,16H,3-8H2,1-2H3. The third-order valence-electron chi connectivity index (χ3n) is 3.17. The van der Waals surface area contributed by atoms with E-state index in [9.17, 15) is 13.2 Å². The molecule has 0 heterocycles. The Bertz CT molecular complexity index is 220. The van der Waals surface area contributed by atoms with Gasteiger partial charge in [0, 0.05) is 6.04 Å². The van der Waals surface area contributed by atoms with Crippen molar-refractivity contribution >= 4 is 0 Å². The van der Waals surface area contributed by atoms with Crippen LogP contribution in [-0.2, 0) is 4.74 Å². The molecule has 0 aromatic heterocycles. The van der Waals surface area contributed by atoms with Crippen molar-refractivity contribution in [2.75, 3.05) is 6.54 Å². The van der Waals surface area contributed by atoms with Crippen molar-refractivity contribution < 1.29 is 17.9 Å². The maximum Gasteiger partial charge on any atom is 0.414 e. The van der Waals surface area contributed by atoms with Crippen LogP contribution in [0.1, 0.15) is 46.0 Å². The van der Waals surface area contributed by atoms with E-state index in [0.717, 1.165) is 39.2 Å². The lowest BCUT2D eigenvalue weighted by Gasteiger charge is -2.32. The molecule has 2 nitrogen and oxygen atoms in total. The molecule has 0 saturated heterocycles. The molecule has 0 spiro atoms. The lowest BCUT2D eigenvalue weighted by atomic mass is 9.92. The highest BCUT2D eigenvalue weighted by atomic mass is 19.4. The van der Waals surface area contributed by atoms with E-state index in [4.69, 9.17) is 4.74 Å². The summed E-state index contributed by atoms with van der Waals surface area (Å²) in [6.07, 6.45) is -1.69. The molecule has 1 N–H and O–H groups in total. The molecule has 0 bridgehead atoms. The zero-order chi connectivity index (χ0) is 12.9. The van der Waals surface area contributed by atoms with Crippen molar-refractivity contribution in [3.63, 3.8) is 0 Å². The molecule has 102 valence electrons. The van der Waals surface area contributed by atoms with E-state index >= 15 is 0 Å². The highest BCUT2D eigenvalue weighted by Gasteiger charge is 2.39. The predicted molar refractivity (Wildman–Crippen MR) is 60.9 cm³/mol. The van der Waals surface area contributed by atoms with Crippen molar-refractivity contribution in [1.29, 1.82) is 0 Å². The van der Waals surface area contributed by atoms with Crippen LogP contribution < -0.4 is 5.32 Å². The predicted octanol–water partition coefficient (Wildman–Crippen LogP) is 3.26. The molecular formula is C12H22F3NO. The average Bonchev–Trinajstić information content (AvgIpc) is 2.25. The van der Waals surface area contributed by atoms with Gasteiger partial charge in [-0.25, -0.2) is 0 Å². The van der Waals surface area contributed by atoms with Crippen LogP contribution in [0, 0.1) is 0 Å². The van der Waals surface area contributed by atoms with Crippen LogP contribution in [0.15, 0.2) is 0 Å². The topological polar surface area (TPSA) is 21.3 Å². The van der Waals surface area contributed by atoms with Gasteiger partial charge < -0.3 is 10.1 Å². The molecule has 0 aromatic carbocycles. The number of rotatable bonds is 5. The molecule has 1 aliphatic carbocycles. The summed E-state index contributed by atoms with van der Waals surface area (Å²) in [4.78, 5) is 0. The van der Waals surface area contributed by atoms with Crippen molar-refractivity contribution in [1.82, 2.24) is 5.32 Å². The molecule has 5 heteroatoms. The fourth-order valence-electron chi connectivity index (χ4n) is 2.17. The monoisotopic (exact) mass is 253 g/mol. The van der Waals surface area contributed by atoms with Crippen LogP contribution in [0.3, 0.4) is 0 Å². The molecule has 17 heavy (non-hydrogen) atoms. The van der Waals surface area contributed by atoms with E-state index in [1.807, 2.05) is 0 Å². The van der Waals surface area contributed by atoms with Gasteiger partial charge in [0.15, 0.2) is 6.10 Å². The van der Waals surface area contributed by atoms with Crippen LogP contribution in [-0.4, -0.2) is 31.0 Å². The summed E-state index contributed by atoms with van der Waals surface area (Å²) >= 11 is 0. The van der Waals surface area contributed by atoms with Gasteiger partial charge in [-0.15, -0.1) is 0 Å². The SMILES string of the molecule is CCCNC1CCCC(OC(C)C(F)(F)F)C1. The summed E-state index contributed by atoms with van der Waals surface area (Å²) in [6, 6.07) is 0.314. The quantitative estimate of drug-likeness (QED) is 0.812. The molecule has 3 unspecified atom stereocenters. The maximum atomic E-state index is 12.4. The molecule has 1 rings (SSSR count). The first-order valence-electron chi connectivity index (χ1n) is 6.39. The van der Waals surface area contributed by atoms with Crippen LogP contribution in [0.4, 0.5) is 13.2 Å². The highest BCUT2D eigenvalue weighted by Crippen LogP contribution is 2.28. The van der Waals surface area contributed by atoms with Gasteiger partial charge in [-0.2, -0.15) is 13.2 Å². The lowest BCUT2D eigenvalue weighted by Crippen LogP contribution is -2.40. The molecule has 0 aliphatic heterocycles. The third kappa shape index (κ3) is 5.25. The van der Waals surface area contributed by atoms with E-state index in [1.165, 1.54) is 0 Å². The maximum absolute atomic E-state index is 12.4. The number of ether oxygens (including phenoxy) is 1. The van der Waals surface area contributed by atoms with Crippen LogP contribution in [0.2, 0.25) is 0 Å². The summed E-state index contributed by atoms with van der Waals surface area (Å²) in [7, 11) is 0. The average molecular weight is 253 g/mol. The Morgan fingerprint density at radius 1 is 1.35 bits per heavy atom. The fraction of sp³-hybridized carbons (Fsp3) is 1.00. The molecule has 3 atom stereocenters. The smallest absolute Gasteiger partial charge is 0.366 e. The van der Waals surface area contributed by atoms with Gasteiger partial charge in [0.05, 0.1) is 6.10 Å². The summed E-state index contributed by atoms with van der Waals surface area (Å²) in [6.45, 7) is 4.09. The number of nitrogens with one attached hydrogen (secondary N) is 1. The second kappa shape index (κ2) is 6.59. The van der Waals surface area contributed by atoms with E-state index in [0.29, 0.717) is 12.5 Å². The minimum absolute atomic E-state index is 0.255. The van der Waals surface area contributed by atoms with Gasteiger partial charge >= 0.3 is 6.18 Å². The third-order valence-corrected chi connectivity index (χ3v) is 3.17. The molecule has 0 radical (unpaired) electrons. The normalized spacial score (nSPS) is 28.1. The second-order valence-corrected chi connectivity index (χ2v) is 4.76. The van der Waals surface area contributed by atoms with Crippen LogP contribution in [0.5, 0.6) is 0 Å². The molecule has 0 aromatic rings. The van der Waals surface area contributed by atoms with Gasteiger partial charge in [-0.05, 0) is 45.6 Å². The zero-order valence-corrected chi connectivity index (χ0v) is 10.5. The van der Waals surface area contributed by atoms with Crippen molar-refractivity contribution in [2.45, 2.75) is 70.4 Å². The van der Waals surface area contributed by atoms with Gasteiger partial charge in [0.1, 0.15) is 0 Å². The van der Waals surface area contributed by atoms with Gasteiger partial charge in [0.25, 0.3) is 0 Å². The van der Waals surface area contributed by atoms with E-state index in [-0.39, 0.29) is 6.10 Å². The second-order valence-electron chi connectivity index (χ2n) is 4.76. The Kier molecular flexibility index (Phi) is 5.73. The Hall–Kier alpha value is -0.290. The first kappa shape index (κ1) is 14.8. The van der Waals surface area contributed by atoms with Crippen LogP contribution >= 0.6 is 0 Å². The first-order valence-corrected chi connectivity index (χ1v) is 6.39. The number of hydrogen-bond acceptors (Lipinski definition) is 2.